The van der Waals surface area contributed by atoms with Crippen LogP contribution in [0.25, 0.3) is 0 Å². The zero-order valence-corrected chi connectivity index (χ0v) is 14.9. The zero-order chi connectivity index (χ0) is 18.1. The Hall–Kier alpha value is -1.79. The van der Waals surface area contributed by atoms with Crippen LogP contribution in [0.4, 0.5) is 0 Å². The van der Waals surface area contributed by atoms with Crippen LogP contribution in [0.5, 0.6) is 11.5 Å². The molecule has 1 aromatic carbocycles. The van der Waals surface area contributed by atoms with Gasteiger partial charge in [-0.1, -0.05) is 18.9 Å². The fourth-order valence-electron chi connectivity index (χ4n) is 3.67. The number of aliphatic hydroxyl groups is 2. The molecule has 1 saturated carbocycles. The number of amides is 1. The lowest BCUT2D eigenvalue weighted by Crippen LogP contribution is -2.50. The Labute approximate surface area is 148 Å². The molecular weight excluding hydrogens is 322 g/mol. The highest BCUT2D eigenvalue weighted by molar-refractivity contribution is 5.81. The van der Waals surface area contributed by atoms with E-state index in [2.05, 4.69) is 5.32 Å². The van der Waals surface area contributed by atoms with Gasteiger partial charge >= 0.3 is 0 Å². The Morgan fingerprint density at radius 3 is 2.52 bits per heavy atom. The van der Waals surface area contributed by atoms with Gasteiger partial charge in [0.15, 0.2) is 17.6 Å². The maximum atomic E-state index is 12.2. The second kappa shape index (κ2) is 6.84. The van der Waals surface area contributed by atoms with Crippen LogP contribution in [0.15, 0.2) is 18.2 Å². The lowest BCUT2D eigenvalue weighted by Gasteiger charge is -2.32. The summed E-state index contributed by atoms with van der Waals surface area (Å²) >= 11 is 0. The highest BCUT2D eigenvalue weighted by Gasteiger charge is 2.38. The molecule has 1 heterocycles. The number of carbonyl (C=O) groups excluding carboxylic acids is 1. The van der Waals surface area contributed by atoms with Crippen molar-refractivity contribution < 1.29 is 24.5 Å². The van der Waals surface area contributed by atoms with Gasteiger partial charge in [-0.05, 0) is 44.4 Å². The number of benzene rings is 1. The second-order valence-electron chi connectivity index (χ2n) is 7.62. The maximum Gasteiger partial charge on any atom is 0.251 e. The van der Waals surface area contributed by atoms with Crippen LogP contribution in [0.3, 0.4) is 0 Å². The SMILES string of the molecule is CC(C)(O)C(O)C(=O)NCC1(c2ccc3c(c2)OCCO3)CCCC1. The van der Waals surface area contributed by atoms with Gasteiger partial charge in [0.25, 0.3) is 5.91 Å². The van der Waals surface area contributed by atoms with E-state index < -0.39 is 17.6 Å². The average molecular weight is 349 g/mol. The Morgan fingerprint density at radius 2 is 1.88 bits per heavy atom. The summed E-state index contributed by atoms with van der Waals surface area (Å²) in [6, 6.07) is 5.98. The first-order valence-electron chi connectivity index (χ1n) is 8.90. The van der Waals surface area contributed by atoms with E-state index in [1.807, 2.05) is 18.2 Å². The van der Waals surface area contributed by atoms with Gasteiger partial charge in [0.05, 0.1) is 5.60 Å². The van der Waals surface area contributed by atoms with Crippen molar-refractivity contribution in [2.45, 2.75) is 56.7 Å². The van der Waals surface area contributed by atoms with Crippen molar-refractivity contribution in [2.24, 2.45) is 0 Å². The molecule has 138 valence electrons. The van der Waals surface area contributed by atoms with Crippen LogP contribution < -0.4 is 14.8 Å². The van der Waals surface area contributed by atoms with E-state index in [9.17, 15) is 15.0 Å². The minimum atomic E-state index is -1.47. The highest BCUT2D eigenvalue weighted by Crippen LogP contribution is 2.43. The van der Waals surface area contributed by atoms with E-state index >= 15 is 0 Å². The van der Waals surface area contributed by atoms with Crippen LogP contribution in [0.2, 0.25) is 0 Å². The van der Waals surface area contributed by atoms with Gasteiger partial charge in [0.1, 0.15) is 13.2 Å². The Morgan fingerprint density at radius 1 is 1.24 bits per heavy atom. The van der Waals surface area contributed by atoms with Crippen molar-refractivity contribution in [3.63, 3.8) is 0 Å². The number of fused-ring (bicyclic) bond motifs is 1. The van der Waals surface area contributed by atoms with Crippen LogP contribution >= 0.6 is 0 Å². The molecule has 2 aliphatic rings. The van der Waals surface area contributed by atoms with Gasteiger partial charge < -0.3 is 25.0 Å². The molecule has 1 atom stereocenters. The first kappa shape index (κ1) is 18.0. The van der Waals surface area contributed by atoms with Crippen molar-refractivity contribution in [1.29, 1.82) is 0 Å². The van der Waals surface area contributed by atoms with E-state index in [0.29, 0.717) is 19.8 Å². The summed E-state index contributed by atoms with van der Waals surface area (Å²) in [5, 5.41) is 22.6. The number of ether oxygens (including phenoxy) is 2. The van der Waals surface area contributed by atoms with Gasteiger partial charge in [-0.15, -0.1) is 0 Å². The molecule has 6 nitrogen and oxygen atoms in total. The van der Waals surface area contributed by atoms with Gasteiger partial charge in [-0.3, -0.25) is 4.79 Å². The molecular formula is C19H27NO5. The average Bonchev–Trinajstić information content (AvgIpc) is 3.08. The van der Waals surface area contributed by atoms with E-state index in [1.54, 1.807) is 0 Å². The summed E-state index contributed by atoms with van der Waals surface area (Å²) in [7, 11) is 0. The molecule has 0 bridgehead atoms. The van der Waals surface area contributed by atoms with Crippen molar-refractivity contribution >= 4 is 5.91 Å². The summed E-state index contributed by atoms with van der Waals surface area (Å²) in [6.07, 6.45) is 2.67. The molecule has 1 amide bonds. The first-order chi connectivity index (χ1) is 11.8. The Kier molecular flexibility index (Phi) is 4.93. The fraction of sp³-hybridized carbons (Fsp3) is 0.632. The third-order valence-electron chi connectivity index (χ3n) is 5.23. The quantitative estimate of drug-likeness (QED) is 0.750. The molecule has 1 aliphatic carbocycles. The fourth-order valence-corrected chi connectivity index (χ4v) is 3.67. The Balaban J connectivity index is 1.77. The smallest absolute Gasteiger partial charge is 0.251 e. The number of aliphatic hydroxyl groups excluding tert-OH is 1. The normalized spacial score (nSPS) is 20.2. The molecule has 0 aromatic heterocycles. The standard InChI is InChI=1S/C19H27NO5/c1-18(2,23)16(21)17(22)20-12-19(7-3-4-8-19)13-5-6-14-15(11-13)25-10-9-24-14/h5-6,11,16,21,23H,3-4,7-10,12H2,1-2H3,(H,20,22). The van der Waals surface area contributed by atoms with E-state index in [0.717, 1.165) is 42.7 Å². The van der Waals surface area contributed by atoms with Crippen LogP contribution in [-0.2, 0) is 10.2 Å². The second-order valence-corrected chi connectivity index (χ2v) is 7.62. The Bertz CT molecular complexity index is 631. The molecule has 1 fully saturated rings. The molecule has 3 rings (SSSR count). The van der Waals surface area contributed by atoms with Crippen LogP contribution in [0.1, 0.15) is 45.1 Å². The molecule has 1 aliphatic heterocycles. The number of rotatable bonds is 5. The number of hydrogen-bond acceptors (Lipinski definition) is 5. The summed E-state index contributed by atoms with van der Waals surface area (Å²) in [6.45, 7) is 4.37. The maximum absolute atomic E-state index is 12.2. The lowest BCUT2D eigenvalue weighted by molar-refractivity contribution is -0.142. The topological polar surface area (TPSA) is 88.0 Å². The minimum absolute atomic E-state index is 0.176. The largest absolute Gasteiger partial charge is 0.486 e. The predicted octanol–water partition coefficient (Wildman–Crippen LogP) is 1.52. The zero-order valence-electron chi connectivity index (χ0n) is 14.9. The first-order valence-corrected chi connectivity index (χ1v) is 8.90. The number of hydrogen-bond donors (Lipinski definition) is 3. The van der Waals surface area contributed by atoms with Gasteiger partial charge in [-0.2, -0.15) is 0 Å². The molecule has 25 heavy (non-hydrogen) atoms. The monoisotopic (exact) mass is 349 g/mol. The van der Waals surface area contributed by atoms with E-state index in [-0.39, 0.29) is 5.41 Å². The third kappa shape index (κ3) is 3.75. The van der Waals surface area contributed by atoms with Crippen LogP contribution in [0, 0.1) is 0 Å². The predicted molar refractivity (Wildman–Crippen MR) is 92.9 cm³/mol. The van der Waals surface area contributed by atoms with Crippen molar-refractivity contribution in [3.05, 3.63) is 23.8 Å². The molecule has 0 spiro atoms. The van der Waals surface area contributed by atoms with Crippen molar-refractivity contribution in [3.8, 4) is 11.5 Å². The van der Waals surface area contributed by atoms with Crippen molar-refractivity contribution in [2.75, 3.05) is 19.8 Å². The van der Waals surface area contributed by atoms with Crippen LogP contribution in [-0.4, -0.2) is 47.6 Å². The number of nitrogens with one attached hydrogen (secondary N) is 1. The lowest BCUT2D eigenvalue weighted by atomic mass is 9.78. The van der Waals surface area contributed by atoms with Gasteiger partial charge in [0, 0.05) is 12.0 Å². The van der Waals surface area contributed by atoms with E-state index in [4.69, 9.17) is 9.47 Å². The molecule has 3 N–H and O–H groups in total. The van der Waals surface area contributed by atoms with Crippen molar-refractivity contribution in [1.82, 2.24) is 5.32 Å². The summed E-state index contributed by atoms with van der Waals surface area (Å²) in [4.78, 5) is 12.2. The molecule has 1 aromatic rings. The molecule has 6 heteroatoms. The summed E-state index contributed by atoms with van der Waals surface area (Å²) < 4.78 is 11.3. The van der Waals surface area contributed by atoms with Gasteiger partial charge in [-0.25, -0.2) is 0 Å². The summed E-state index contributed by atoms with van der Waals surface area (Å²) in [5.74, 6) is 0.957. The number of carbonyl (C=O) groups is 1. The van der Waals surface area contributed by atoms with E-state index in [1.165, 1.54) is 13.8 Å². The highest BCUT2D eigenvalue weighted by atomic mass is 16.6. The molecule has 1 unspecified atom stereocenters. The van der Waals surface area contributed by atoms with Gasteiger partial charge in [0.2, 0.25) is 0 Å². The third-order valence-corrected chi connectivity index (χ3v) is 5.23. The molecule has 0 radical (unpaired) electrons. The minimum Gasteiger partial charge on any atom is -0.486 e. The molecule has 0 saturated heterocycles. The summed E-state index contributed by atoms with van der Waals surface area (Å²) in [5.41, 5.74) is -0.526.